The molecule has 0 bridgehead atoms. The Bertz CT molecular complexity index is 1800. The van der Waals surface area contributed by atoms with E-state index in [2.05, 4.69) is 21.0 Å². The van der Waals surface area contributed by atoms with Crippen molar-refractivity contribution in [2.75, 3.05) is 0 Å². The van der Waals surface area contributed by atoms with E-state index >= 15 is 0 Å². The van der Waals surface area contributed by atoms with Gasteiger partial charge in [0.2, 0.25) is 0 Å². The number of nitrogens with zero attached hydrogens (tertiary/aromatic N) is 3. The fraction of sp³-hybridized carbons (Fsp3) is 0.0345. The monoisotopic (exact) mass is 605 g/mol. The van der Waals surface area contributed by atoms with E-state index < -0.39 is 5.97 Å². The van der Waals surface area contributed by atoms with E-state index in [1.807, 2.05) is 37.3 Å². The Balaban J connectivity index is 1.60. The summed E-state index contributed by atoms with van der Waals surface area (Å²) in [6.45, 7) is 1.96. The Kier molecular flexibility index (Phi) is 7.42. The van der Waals surface area contributed by atoms with Gasteiger partial charge in [-0.2, -0.15) is 9.78 Å². The molecule has 0 aliphatic rings. The number of benzene rings is 4. The van der Waals surface area contributed by atoms with Gasteiger partial charge < -0.3 is 4.74 Å². The van der Waals surface area contributed by atoms with Gasteiger partial charge in [-0.25, -0.2) is 9.78 Å². The Hall–Kier alpha value is -3.78. The number of fused-ring (bicyclic) bond motifs is 1. The summed E-state index contributed by atoms with van der Waals surface area (Å²) in [6.07, 6.45) is 1.45. The van der Waals surface area contributed by atoms with Crippen LogP contribution in [0.15, 0.2) is 99.3 Å². The number of esters is 1. The van der Waals surface area contributed by atoms with E-state index in [1.54, 1.807) is 42.5 Å². The average molecular weight is 607 g/mol. The molecule has 5 aromatic rings. The first-order chi connectivity index (χ1) is 18.3. The first kappa shape index (κ1) is 25.9. The number of para-hydroxylation sites is 1. The minimum atomic E-state index is -0.659. The molecule has 9 heteroatoms. The normalized spacial score (nSPS) is 11.3. The van der Waals surface area contributed by atoms with Crippen LogP contribution >= 0.6 is 39.1 Å². The maximum absolute atomic E-state index is 13.5. The van der Waals surface area contributed by atoms with Crippen molar-refractivity contribution < 1.29 is 9.53 Å². The van der Waals surface area contributed by atoms with E-state index in [9.17, 15) is 9.59 Å². The fourth-order valence-corrected chi connectivity index (χ4v) is 4.71. The smallest absolute Gasteiger partial charge is 0.345 e. The maximum atomic E-state index is 13.5. The molecule has 0 saturated carbocycles. The van der Waals surface area contributed by atoms with E-state index in [-0.39, 0.29) is 21.9 Å². The van der Waals surface area contributed by atoms with Crippen molar-refractivity contribution in [3.05, 3.63) is 126 Å². The number of hydrogen-bond donors (Lipinski definition) is 0. The maximum Gasteiger partial charge on any atom is 0.345 e. The molecule has 1 heterocycles. The predicted octanol–water partition coefficient (Wildman–Crippen LogP) is 7.54. The third kappa shape index (κ3) is 5.41. The predicted molar refractivity (Wildman–Crippen MR) is 155 cm³/mol. The molecule has 188 valence electrons. The van der Waals surface area contributed by atoms with Crippen LogP contribution in [0.1, 0.15) is 21.5 Å². The van der Waals surface area contributed by atoms with Crippen LogP contribution < -0.4 is 10.3 Å². The summed E-state index contributed by atoms with van der Waals surface area (Å²) in [5.41, 5.74) is 2.61. The summed E-state index contributed by atoms with van der Waals surface area (Å²) in [5, 5.41) is 5.51. The van der Waals surface area contributed by atoms with Gasteiger partial charge in [0.25, 0.3) is 5.56 Å². The second-order valence-corrected chi connectivity index (χ2v) is 10.1. The molecule has 0 aliphatic carbocycles. The molecule has 0 saturated heterocycles. The highest BCUT2D eigenvalue weighted by Crippen LogP contribution is 2.26. The highest BCUT2D eigenvalue weighted by atomic mass is 79.9. The van der Waals surface area contributed by atoms with Gasteiger partial charge in [-0.1, -0.05) is 75.0 Å². The number of aryl methyl sites for hydroxylation is 1. The van der Waals surface area contributed by atoms with Crippen LogP contribution in [0.5, 0.6) is 5.75 Å². The number of aromatic nitrogens is 2. The van der Waals surface area contributed by atoms with Crippen molar-refractivity contribution >= 4 is 62.2 Å². The van der Waals surface area contributed by atoms with E-state index in [0.717, 1.165) is 15.6 Å². The second-order valence-electron chi connectivity index (χ2n) is 8.38. The molecule has 6 nitrogen and oxygen atoms in total. The summed E-state index contributed by atoms with van der Waals surface area (Å²) in [4.78, 5) is 31.1. The van der Waals surface area contributed by atoms with Crippen LogP contribution in [0, 0.1) is 6.92 Å². The van der Waals surface area contributed by atoms with Crippen LogP contribution in [0.2, 0.25) is 10.0 Å². The lowest BCUT2D eigenvalue weighted by Gasteiger charge is -2.11. The summed E-state index contributed by atoms with van der Waals surface area (Å²) in [6, 6.07) is 24.4. The van der Waals surface area contributed by atoms with Gasteiger partial charge in [-0.3, -0.25) is 4.79 Å². The largest absolute Gasteiger partial charge is 0.422 e. The molecule has 0 radical (unpaired) electrons. The van der Waals surface area contributed by atoms with Gasteiger partial charge >= 0.3 is 5.97 Å². The lowest BCUT2D eigenvalue weighted by atomic mass is 10.1. The van der Waals surface area contributed by atoms with E-state index in [1.165, 1.54) is 23.0 Å². The lowest BCUT2D eigenvalue weighted by molar-refractivity contribution is 0.0734. The average Bonchev–Trinajstić information content (AvgIpc) is 2.89. The van der Waals surface area contributed by atoms with Crippen molar-refractivity contribution in [1.29, 1.82) is 0 Å². The molecule has 0 aliphatic heterocycles. The number of ether oxygens (including phenoxy) is 1. The van der Waals surface area contributed by atoms with E-state index in [0.29, 0.717) is 27.3 Å². The van der Waals surface area contributed by atoms with Crippen LogP contribution in [-0.2, 0) is 0 Å². The fourth-order valence-electron chi connectivity index (χ4n) is 3.84. The summed E-state index contributed by atoms with van der Waals surface area (Å²) in [7, 11) is 0. The van der Waals surface area contributed by atoms with Crippen molar-refractivity contribution in [2.24, 2.45) is 5.10 Å². The molecule has 4 aromatic carbocycles. The SMILES string of the molecule is Cc1cccc(-c2nc3ccccc3c(=O)n2N=Cc2cc(Br)ccc2OC(=O)c2ccc(Cl)cc2Cl)c1. The summed E-state index contributed by atoms with van der Waals surface area (Å²) < 4.78 is 7.62. The highest BCUT2D eigenvalue weighted by molar-refractivity contribution is 9.10. The van der Waals surface area contributed by atoms with Crippen molar-refractivity contribution in [1.82, 2.24) is 9.66 Å². The zero-order chi connectivity index (χ0) is 26.8. The highest BCUT2D eigenvalue weighted by Gasteiger charge is 2.16. The Morgan fingerprint density at radius 2 is 1.82 bits per heavy atom. The minimum absolute atomic E-state index is 0.165. The van der Waals surface area contributed by atoms with Crippen molar-refractivity contribution in [2.45, 2.75) is 6.92 Å². The van der Waals surface area contributed by atoms with Gasteiger partial charge in [0.05, 0.1) is 27.7 Å². The number of hydrogen-bond acceptors (Lipinski definition) is 5. The van der Waals surface area contributed by atoms with Crippen LogP contribution in [0.4, 0.5) is 0 Å². The van der Waals surface area contributed by atoms with Gasteiger partial charge in [0.15, 0.2) is 5.82 Å². The molecule has 38 heavy (non-hydrogen) atoms. The zero-order valence-corrected chi connectivity index (χ0v) is 23.0. The molecular weight excluding hydrogens is 589 g/mol. The number of carbonyl (C=O) groups is 1. The topological polar surface area (TPSA) is 73.6 Å². The lowest BCUT2D eigenvalue weighted by Crippen LogP contribution is -2.20. The molecule has 0 N–H and O–H groups in total. The molecule has 0 fully saturated rings. The quantitative estimate of drug-likeness (QED) is 0.118. The molecule has 0 amide bonds. The number of rotatable bonds is 5. The van der Waals surface area contributed by atoms with Gasteiger partial charge in [-0.15, -0.1) is 0 Å². The van der Waals surface area contributed by atoms with Gasteiger partial charge in [0.1, 0.15) is 5.75 Å². The van der Waals surface area contributed by atoms with Gasteiger partial charge in [-0.05, 0) is 61.5 Å². The Morgan fingerprint density at radius 3 is 2.61 bits per heavy atom. The molecule has 5 rings (SSSR count). The molecular formula is C29H18BrCl2N3O3. The molecule has 0 atom stereocenters. The van der Waals surface area contributed by atoms with Crippen LogP contribution in [0.3, 0.4) is 0 Å². The third-order valence-electron chi connectivity index (χ3n) is 5.67. The first-order valence-corrected chi connectivity index (χ1v) is 12.9. The standard InChI is InChI=1S/C29H18BrCl2N3O3/c1-17-5-4-6-18(13-17)27-34-25-8-3-2-7-23(25)28(36)35(27)33-16-19-14-20(30)9-12-26(19)38-29(37)22-11-10-21(31)15-24(22)32/h2-16H,1H3. The molecule has 1 aromatic heterocycles. The Labute approximate surface area is 236 Å². The van der Waals surface area contributed by atoms with Crippen LogP contribution in [-0.4, -0.2) is 21.8 Å². The van der Waals surface area contributed by atoms with E-state index in [4.69, 9.17) is 32.9 Å². The molecule has 0 unspecified atom stereocenters. The minimum Gasteiger partial charge on any atom is -0.422 e. The zero-order valence-electron chi connectivity index (χ0n) is 19.9. The number of carbonyl (C=O) groups excluding carboxylic acids is 1. The van der Waals surface area contributed by atoms with Crippen molar-refractivity contribution in [3.8, 4) is 17.1 Å². The van der Waals surface area contributed by atoms with Crippen LogP contribution in [0.25, 0.3) is 22.3 Å². The van der Waals surface area contributed by atoms with Gasteiger partial charge in [0, 0.05) is 20.6 Å². The third-order valence-corrected chi connectivity index (χ3v) is 6.71. The Morgan fingerprint density at radius 1 is 1.00 bits per heavy atom. The molecule has 0 spiro atoms. The second kappa shape index (κ2) is 10.9. The summed E-state index contributed by atoms with van der Waals surface area (Å²) >= 11 is 15.6. The summed E-state index contributed by atoms with van der Waals surface area (Å²) in [5.74, 6) is -0.0457. The number of halogens is 3. The van der Waals surface area contributed by atoms with Crippen molar-refractivity contribution in [3.63, 3.8) is 0 Å². The first-order valence-electron chi connectivity index (χ1n) is 11.4.